The average molecular weight is 362 g/mol. The van der Waals surface area contributed by atoms with Crippen molar-refractivity contribution >= 4 is 33.2 Å². The van der Waals surface area contributed by atoms with Crippen LogP contribution in [0.3, 0.4) is 0 Å². The standard InChI is InChI=1S/C13H10BrF2NO2S/c1-3-19-13(18)11-6(2)20-12(17-11)7-4-5-8(15)10(16)9(7)14/h4-5H,3H2,1-2H3. The molecule has 0 amide bonds. The Labute approximate surface area is 126 Å². The summed E-state index contributed by atoms with van der Waals surface area (Å²) in [6, 6.07) is 2.44. The topological polar surface area (TPSA) is 39.2 Å². The second kappa shape index (κ2) is 5.97. The van der Waals surface area contributed by atoms with Gasteiger partial charge in [0.2, 0.25) is 0 Å². The zero-order valence-corrected chi connectivity index (χ0v) is 13.1. The fraction of sp³-hybridized carbons (Fsp3) is 0.231. The third-order valence-electron chi connectivity index (χ3n) is 2.53. The van der Waals surface area contributed by atoms with Crippen LogP contribution >= 0.6 is 27.3 Å². The fourth-order valence-corrected chi connectivity index (χ4v) is 3.16. The van der Waals surface area contributed by atoms with E-state index in [1.165, 1.54) is 17.4 Å². The molecule has 1 aromatic heterocycles. The SMILES string of the molecule is CCOC(=O)c1nc(-c2ccc(F)c(F)c2Br)sc1C. The highest BCUT2D eigenvalue weighted by molar-refractivity contribution is 9.10. The van der Waals surface area contributed by atoms with Gasteiger partial charge in [-0.3, -0.25) is 0 Å². The molecule has 0 N–H and O–H groups in total. The Kier molecular flexibility index (Phi) is 4.49. The largest absolute Gasteiger partial charge is 0.461 e. The molecular weight excluding hydrogens is 352 g/mol. The number of halogens is 3. The van der Waals surface area contributed by atoms with E-state index in [0.29, 0.717) is 15.4 Å². The second-order valence-corrected chi connectivity index (χ2v) is 5.86. The minimum Gasteiger partial charge on any atom is -0.461 e. The number of hydrogen-bond donors (Lipinski definition) is 0. The molecule has 1 aromatic carbocycles. The maximum absolute atomic E-state index is 13.5. The first-order chi connectivity index (χ1) is 9.45. The molecule has 0 unspecified atom stereocenters. The Hall–Kier alpha value is -1.34. The third kappa shape index (κ3) is 2.73. The molecule has 1 heterocycles. The average Bonchev–Trinajstić information content (AvgIpc) is 2.78. The summed E-state index contributed by atoms with van der Waals surface area (Å²) in [4.78, 5) is 16.5. The molecule has 0 spiro atoms. The maximum atomic E-state index is 13.5. The fourth-order valence-electron chi connectivity index (χ4n) is 1.59. The van der Waals surface area contributed by atoms with Gasteiger partial charge in [-0.2, -0.15) is 0 Å². The predicted octanol–water partition coefficient (Wildman–Crippen LogP) is 4.34. The Bertz CT molecular complexity index is 673. The van der Waals surface area contributed by atoms with E-state index in [-0.39, 0.29) is 16.8 Å². The van der Waals surface area contributed by atoms with Gasteiger partial charge in [-0.05, 0) is 41.9 Å². The smallest absolute Gasteiger partial charge is 0.358 e. The van der Waals surface area contributed by atoms with E-state index in [1.807, 2.05) is 0 Å². The van der Waals surface area contributed by atoms with E-state index in [4.69, 9.17) is 4.74 Å². The number of aromatic nitrogens is 1. The molecular formula is C13H10BrF2NO2S. The Balaban J connectivity index is 2.48. The molecule has 106 valence electrons. The number of benzene rings is 1. The molecule has 0 aliphatic rings. The molecule has 20 heavy (non-hydrogen) atoms. The number of carbonyl (C=O) groups is 1. The molecule has 0 fully saturated rings. The molecule has 7 heteroatoms. The van der Waals surface area contributed by atoms with Gasteiger partial charge in [-0.25, -0.2) is 18.6 Å². The van der Waals surface area contributed by atoms with Crippen molar-refractivity contribution in [2.45, 2.75) is 13.8 Å². The molecule has 0 saturated carbocycles. The van der Waals surface area contributed by atoms with Crippen LogP contribution in [0.15, 0.2) is 16.6 Å². The van der Waals surface area contributed by atoms with Gasteiger partial charge in [0, 0.05) is 10.4 Å². The molecule has 2 rings (SSSR count). The van der Waals surface area contributed by atoms with Crippen molar-refractivity contribution in [2.75, 3.05) is 6.61 Å². The maximum Gasteiger partial charge on any atom is 0.358 e. The molecule has 3 nitrogen and oxygen atoms in total. The van der Waals surface area contributed by atoms with Crippen molar-refractivity contribution in [3.63, 3.8) is 0 Å². The lowest BCUT2D eigenvalue weighted by molar-refractivity contribution is 0.0519. The van der Waals surface area contributed by atoms with Crippen LogP contribution < -0.4 is 0 Å². The van der Waals surface area contributed by atoms with Crippen LogP contribution in [0.25, 0.3) is 10.6 Å². The van der Waals surface area contributed by atoms with Crippen LogP contribution in [0, 0.1) is 18.6 Å². The zero-order valence-electron chi connectivity index (χ0n) is 10.7. The molecule has 0 saturated heterocycles. The van der Waals surface area contributed by atoms with Gasteiger partial charge in [-0.1, -0.05) is 0 Å². The Morgan fingerprint density at radius 1 is 1.45 bits per heavy atom. The lowest BCUT2D eigenvalue weighted by Gasteiger charge is -2.02. The van der Waals surface area contributed by atoms with E-state index in [9.17, 15) is 13.6 Å². The second-order valence-electron chi connectivity index (χ2n) is 3.87. The van der Waals surface area contributed by atoms with Crippen LogP contribution in [0.4, 0.5) is 8.78 Å². The lowest BCUT2D eigenvalue weighted by atomic mass is 10.2. The number of hydrogen-bond acceptors (Lipinski definition) is 4. The van der Waals surface area contributed by atoms with E-state index in [0.717, 1.165) is 6.07 Å². The number of esters is 1. The highest BCUT2D eigenvalue weighted by Gasteiger charge is 2.20. The van der Waals surface area contributed by atoms with E-state index in [2.05, 4.69) is 20.9 Å². The summed E-state index contributed by atoms with van der Waals surface area (Å²) in [5.41, 5.74) is 0.594. The summed E-state index contributed by atoms with van der Waals surface area (Å²) in [7, 11) is 0. The van der Waals surface area contributed by atoms with Gasteiger partial charge in [0.15, 0.2) is 17.3 Å². The molecule has 0 radical (unpaired) electrons. The summed E-state index contributed by atoms with van der Waals surface area (Å²) in [5, 5.41) is 0.427. The quantitative estimate of drug-likeness (QED) is 0.603. The van der Waals surface area contributed by atoms with Crippen LogP contribution in [0.1, 0.15) is 22.3 Å². The van der Waals surface area contributed by atoms with Gasteiger partial charge < -0.3 is 4.74 Å². The highest BCUT2D eigenvalue weighted by Crippen LogP contribution is 2.35. The summed E-state index contributed by atoms with van der Waals surface area (Å²) < 4.78 is 31.5. The van der Waals surface area contributed by atoms with Crippen LogP contribution in [-0.2, 0) is 4.74 Å². The van der Waals surface area contributed by atoms with Crippen molar-refractivity contribution in [3.05, 3.63) is 38.8 Å². The van der Waals surface area contributed by atoms with Gasteiger partial charge >= 0.3 is 5.97 Å². The highest BCUT2D eigenvalue weighted by atomic mass is 79.9. The number of aryl methyl sites for hydroxylation is 1. The minimum absolute atomic E-state index is 0.0124. The monoisotopic (exact) mass is 361 g/mol. The van der Waals surface area contributed by atoms with Gasteiger partial charge in [0.05, 0.1) is 11.1 Å². The van der Waals surface area contributed by atoms with Gasteiger partial charge in [0.1, 0.15) is 5.01 Å². The molecule has 0 aliphatic carbocycles. The van der Waals surface area contributed by atoms with Gasteiger partial charge in [0.25, 0.3) is 0 Å². The van der Waals surface area contributed by atoms with Crippen LogP contribution in [-0.4, -0.2) is 17.6 Å². The molecule has 0 atom stereocenters. The number of nitrogens with zero attached hydrogens (tertiary/aromatic N) is 1. The first kappa shape index (κ1) is 15.1. The molecule has 0 aliphatic heterocycles. The first-order valence-electron chi connectivity index (χ1n) is 5.74. The van der Waals surface area contributed by atoms with E-state index in [1.54, 1.807) is 13.8 Å². The number of thiazole rings is 1. The van der Waals surface area contributed by atoms with Crippen LogP contribution in [0.5, 0.6) is 0 Å². The van der Waals surface area contributed by atoms with E-state index >= 15 is 0 Å². The van der Waals surface area contributed by atoms with Crippen molar-refractivity contribution in [3.8, 4) is 10.6 Å². The molecule has 0 bridgehead atoms. The minimum atomic E-state index is -0.979. The predicted molar refractivity (Wildman–Crippen MR) is 75.9 cm³/mol. The third-order valence-corrected chi connectivity index (χ3v) is 4.31. The van der Waals surface area contributed by atoms with Crippen molar-refractivity contribution in [2.24, 2.45) is 0 Å². The van der Waals surface area contributed by atoms with Crippen molar-refractivity contribution < 1.29 is 18.3 Å². The first-order valence-corrected chi connectivity index (χ1v) is 7.35. The summed E-state index contributed by atoms with van der Waals surface area (Å²) in [6.07, 6.45) is 0. The Morgan fingerprint density at radius 2 is 2.15 bits per heavy atom. The number of ether oxygens (including phenoxy) is 1. The van der Waals surface area contributed by atoms with Gasteiger partial charge in [-0.15, -0.1) is 11.3 Å². The van der Waals surface area contributed by atoms with Crippen LogP contribution in [0.2, 0.25) is 0 Å². The van der Waals surface area contributed by atoms with E-state index < -0.39 is 17.6 Å². The summed E-state index contributed by atoms with van der Waals surface area (Å²) in [6.45, 7) is 3.67. The molecule has 2 aromatic rings. The Morgan fingerprint density at radius 3 is 2.80 bits per heavy atom. The zero-order chi connectivity index (χ0) is 14.9. The van der Waals surface area contributed by atoms with Crippen molar-refractivity contribution in [1.29, 1.82) is 0 Å². The lowest BCUT2D eigenvalue weighted by Crippen LogP contribution is -2.06. The number of rotatable bonds is 3. The summed E-state index contributed by atoms with van der Waals surface area (Å²) >= 11 is 4.22. The number of carbonyl (C=O) groups excluding carboxylic acids is 1. The normalized spacial score (nSPS) is 10.7. The summed E-state index contributed by atoms with van der Waals surface area (Å²) in [5.74, 6) is -2.45. The van der Waals surface area contributed by atoms with Crippen molar-refractivity contribution in [1.82, 2.24) is 4.98 Å².